The average Bonchev–Trinajstić information content (AvgIpc) is 2.86. The highest BCUT2D eigenvalue weighted by atomic mass is 32.1. The average molecular weight is 308 g/mol. The molecule has 21 heavy (non-hydrogen) atoms. The summed E-state index contributed by atoms with van der Waals surface area (Å²) in [7, 11) is 0. The Hall–Kier alpha value is -1.36. The molecule has 1 fully saturated rings. The van der Waals surface area contributed by atoms with Crippen molar-refractivity contribution < 1.29 is 9.59 Å². The van der Waals surface area contributed by atoms with Gasteiger partial charge in [0.05, 0.1) is 6.04 Å². The van der Waals surface area contributed by atoms with Crippen LogP contribution in [0.15, 0.2) is 17.5 Å². The first kappa shape index (κ1) is 16.0. The smallest absolute Gasteiger partial charge is 0.242 e. The molecule has 1 aromatic rings. The van der Waals surface area contributed by atoms with Crippen LogP contribution in [0.1, 0.15) is 51.0 Å². The highest BCUT2D eigenvalue weighted by Crippen LogP contribution is 2.27. The van der Waals surface area contributed by atoms with Gasteiger partial charge < -0.3 is 10.6 Å². The van der Waals surface area contributed by atoms with E-state index in [1.165, 1.54) is 0 Å². The van der Waals surface area contributed by atoms with Gasteiger partial charge in [-0.05, 0) is 37.1 Å². The fourth-order valence-electron chi connectivity index (χ4n) is 2.38. The largest absolute Gasteiger partial charge is 0.346 e. The third-order valence-electron chi connectivity index (χ3n) is 4.04. The van der Waals surface area contributed by atoms with Gasteiger partial charge in [0.2, 0.25) is 11.8 Å². The predicted molar refractivity (Wildman–Crippen MR) is 85.0 cm³/mol. The summed E-state index contributed by atoms with van der Waals surface area (Å²) in [4.78, 5) is 25.3. The van der Waals surface area contributed by atoms with Crippen LogP contribution in [0.4, 0.5) is 0 Å². The van der Waals surface area contributed by atoms with Gasteiger partial charge in [0, 0.05) is 10.8 Å². The number of hydrogen-bond acceptors (Lipinski definition) is 3. The van der Waals surface area contributed by atoms with E-state index in [4.69, 9.17) is 0 Å². The first-order valence-corrected chi connectivity index (χ1v) is 8.51. The van der Waals surface area contributed by atoms with Crippen LogP contribution in [0.5, 0.6) is 0 Å². The molecule has 1 aliphatic carbocycles. The number of carbonyl (C=O) groups is 2. The lowest BCUT2D eigenvalue weighted by Gasteiger charge is -2.27. The molecule has 0 saturated heterocycles. The molecular formula is C16H24N2O2S. The van der Waals surface area contributed by atoms with Crippen molar-refractivity contribution in [1.29, 1.82) is 0 Å². The zero-order valence-corrected chi connectivity index (χ0v) is 13.7. The van der Waals surface area contributed by atoms with E-state index in [0.717, 1.165) is 24.1 Å². The zero-order valence-electron chi connectivity index (χ0n) is 12.9. The van der Waals surface area contributed by atoms with Gasteiger partial charge in [-0.1, -0.05) is 26.3 Å². The Kier molecular flexibility index (Phi) is 5.39. The third-order valence-corrected chi connectivity index (χ3v) is 5.00. The molecule has 5 heteroatoms. The van der Waals surface area contributed by atoms with Crippen molar-refractivity contribution in [3.8, 4) is 0 Å². The summed E-state index contributed by atoms with van der Waals surface area (Å²) in [5.74, 6) is 0.316. The maximum Gasteiger partial charge on any atom is 0.242 e. The third kappa shape index (κ3) is 4.06. The van der Waals surface area contributed by atoms with E-state index in [-0.39, 0.29) is 23.8 Å². The van der Waals surface area contributed by atoms with Gasteiger partial charge in [0.1, 0.15) is 6.04 Å². The number of thiophene rings is 1. The molecule has 0 aromatic carbocycles. The number of nitrogens with one attached hydrogen (secondary N) is 2. The number of rotatable bonds is 6. The molecule has 1 saturated carbocycles. The van der Waals surface area contributed by atoms with Gasteiger partial charge in [-0.25, -0.2) is 0 Å². The highest BCUT2D eigenvalue weighted by Gasteiger charge is 2.28. The van der Waals surface area contributed by atoms with Crippen molar-refractivity contribution in [2.24, 2.45) is 11.8 Å². The van der Waals surface area contributed by atoms with Crippen LogP contribution >= 0.6 is 11.3 Å². The monoisotopic (exact) mass is 308 g/mol. The molecule has 0 unspecified atom stereocenters. The molecule has 0 spiro atoms. The second kappa shape index (κ2) is 7.07. The molecule has 2 amide bonds. The first-order chi connectivity index (χ1) is 9.99. The zero-order chi connectivity index (χ0) is 15.4. The fourth-order valence-corrected chi connectivity index (χ4v) is 3.33. The topological polar surface area (TPSA) is 58.2 Å². The Morgan fingerprint density at radius 2 is 1.95 bits per heavy atom. The summed E-state index contributed by atoms with van der Waals surface area (Å²) in [5.41, 5.74) is 0. The molecule has 1 aliphatic rings. The molecule has 4 nitrogen and oxygen atoms in total. The second-order valence-corrected chi connectivity index (χ2v) is 7.08. The van der Waals surface area contributed by atoms with Crippen LogP contribution < -0.4 is 10.6 Å². The summed E-state index contributed by atoms with van der Waals surface area (Å²) >= 11 is 1.64. The number of carbonyl (C=O) groups excluding carboxylic acids is 2. The lowest BCUT2D eigenvalue weighted by Crippen LogP contribution is -2.48. The molecule has 1 heterocycles. The summed E-state index contributed by atoms with van der Waals surface area (Å²) in [6.07, 6.45) is 3.01. The van der Waals surface area contributed by atoms with Crippen molar-refractivity contribution in [2.75, 3.05) is 0 Å². The molecule has 2 rings (SSSR count). The van der Waals surface area contributed by atoms with Gasteiger partial charge in [-0.15, -0.1) is 11.3 Å². The molecule has 0 bridgehead atoms. The van der Waals surface area contributed by atoms with E-state index in [1.54, 1.807) is 18.3 Å². The van der Waals surface area contributed by atoms with Crippen molar-refractivity contribution in [2.45, 2.75) is 52.1 Å². The minimum atomic E-state index is -0.487. The van der Waals surface area contributed by atoms with Crippen molar-refractivity contribution in [1.82, 2.24) is 10.6 Å². The van der Waals surface area contributed by atoms with E-state index in [9.17, 15) is 9.59 Å². The normalized spacial score (nSPS) is 17.9. The molecule has 116 valence electrons. The fraction of sp³-hybridized carbons (Fsp3) is 0.625. The van der Waals surface area contributed by atoms with E-state index < -0.39 is 6.04 Å². The van der Waals surface area contributed by atoms with Crippen molar-refractivity contribution in [3.63, 3.8) is 0 Å². The molecule has 1 aromatic heterocycles. The molecular weight excluding hydrogens is 284 g/mol. The van der Waals surface area contributed by atoms with E-state index in [2.05, 4.69) is 24.5 Å². The van der Waals surface area contributed by atoms with Gasteiger partial charge in [0.15, 0.2) is 0 Å². The van der Waals surface area contributed by atoms with Gasteiger partial charge in [-0.3, -0.25) is 9.59 Å². The SMILES string of the molecule is CC(C)[C@@H](NC(=O)[C@@H](C)NC(=O)C1CCC1)c1cccs1. The van der Waals surface area contributed by atoms with E-state index in [0.29, 0.717) is 5.92 Å². The van der Waals surface area contributed by atoms with Crippen molar-refractivity contribution in [3.05, 3.63) is 22.4 Å². The van der Waals surface area contributed by atoms with Crippen LogP contribution in [-0.2, 0) is 9.59 Å². The summed E-state index contributed by atoms with van der Waals surface area (Å²) < 4.78 is 0. The van der Waals surface area contributed by atoms with Crippen molar-refractivity contribution >= 4 is 23.2 Å². The van der Waals surface area contributed by atoms with Crippen LogP contribution in [-0.4, -0.2) is 17.9 Å². The lowest BCUT2D eigenvalue weighted by atomic mass is 9.84. The van der Waals surface area contributed by atoms with Gasteiger partial charge in [0.25, 0.3) is 0 Å². The summed E-state index contributed by atoms with van der Waals surface area (Å²) in [5, 5.41) is 7.89. The minimum Gasteiger partial charge on any atom is -0.346 e. The van der Waals surface area contributed by atoms with E-state index >= 15 is 0 Å². The Labute approximate surface area is 130 Å². The molecule has 2 atom stereocenters. The molecule has 0 radical (unpaired) electrons. The highest BCUT2D eigenvalue weighted by molar-refractivity contribution is 7.10. The van der Waals surface area contributed by atoms with Gasteiger partial charge >= 0.3 is 0 Å². The number of hydrogen-bond donors (Lipinski definition) is 2. The first-order valence-electron chi connectivity index (χ1n) is 7.63. The van der Waals surface area contributed by atoms with Crippen LogP contribution in [0.25, 0.3) is 0 Å². The Balaban J connectivity index is 1.90. The molecule has 0 aliphatic heterocycles. The lowest BCUT2D eigenvalue weighted by molar-refractivity contribution is -0.132. The van der Waals surface area contributed by atoms with Crippen LogP contribution in [0.3, 0.4) is 0 Å². The second-order valence-electron chi connectivity index (χ2n) is 6.10. The maximum absolute atomic E-state index is 12.3. The predicted octanol–water partition coefficient (Wildman–Crippen LogP) is 2.87. The molecule has 2 N–H and O–H groups in total. The minimum absolute atomic E-state index is 0.000514. The Bertz CT molecular complexity index is 480. The summed E-state index contributed by atoms with van der Waals surface area (Å²) in [6, 6.07) is 3.54. The van der Waals surface area contributed by atoms with Crippen LogP contribution in [0.2, 0.25) is 0 Å². The Morgan fingerprint density at radius 1 is 1.24 bits per heavy atom. The standard InChI is InChI=1S/C16H24N2O2S/c1-10(2)14(13-8-5-9-21-13)18-15(19)11(3)17-16(20)12-6-4-7-12/h5,8-12,14H,4,6-7H2,1-3H3,(H,17,20)(H,18,19)/t11-,14-/m1/s1. The maximum atomic E-state index is 12.3. The van der Waals surface area contributed by atoms with E-state index in [1.807, 2.05) is 17.5 Å². The Morgan fingerprint density at radius 3 is 2.43 bits per heavy atom. The van der Waals surface area contributed by atoms with Crippen LogP contribution in [0, 0.1) is 11.8 Å². The summed E-state index contributed by atoms with van der Waals surface area (Å²) in [6.45, 7) is 5.92. The quantitative estimate of drug-likeness (QED) is 0.849. The van der Waals surface area contributed by atoms with Gasteiger partial charge in [-0.2, -0.15) is 0 Å². The number of amides is 2.